The number of aryl methyl sites for hydroxylation is 1. The van der Waals surface area contributed by atoms with Crippen LogP contribution in [0.1, 0.15) is 17.5 Å². The van der Waals surface area contributed by atoms with Crippen LogP contribution in [0, 0.1) is 0 Å². The Labute approximate surface area is 130 Å². The number of ether oxygens (including phenoxy) is 2. The molecule has 4 heteroatoms. The molecule has 0 radical (unpaired) electrons. The first-order valence-corrected chi connectivity index (χ1v) is 7.36. The van der Waals surface area contributed by atoms with E-state index in [0.29, 0.717) is 30.9 Å². The zero-order valence-electron chi connectivity index (χ0n) is 12.7. The van der Waals surface area contributed by atoms with Gasteiger partial charge in [0, 0.05) is 0 Å². The number of hydrogen-bond acceptors (Lipinski definition) is 4. The Morgan fingerprint density at radius 1 is 1.05 bits per heavy atom. The van der Waals surface area contributed by atoms with Gasteiger partial charge < -0.3 is 19.7 Å². The van der Waals surface area contributed by atoms with Gasteiger partial charge in [0.1, 0.15) is 6.61 Å². The standard InChI is InChI=1S/C18H22O4/c1-21-17-9-5-8-15(10-11-16(20)12-19)18(17)22-13-14-6-3-2-4-7-14/h2-9,16,19-20H,10-13H2,1H3. The maximum atomic E-state index is 9.52. The summed E-state index contributed by atoms with van der Waals surface area (Å²) in [7, 11) is 1.61. The Morgan fingerprint density at radius 2 is 1.82 bits per heavy atom. The van der Waals surface area contributed by atoms with Crippen LogP contribution < -0.4 is 9.47 Å². The van der Waals surface area contributed by atoms with E-state index in [1.54, 1.807) is 7.11 Å². The Balaban J connectivity index is 2.12. The summed E-state index contributed by atoms with van der Waals surface area (Å²) in [5.74, 6) is 1.37. The van der Waals surface area contributed by atoms with E-state index in [9.17, 15) is 5.11 Å². The molecule has 0 spiro atoms. The van der Waals surface area contributed by atoms with Gasteiger partial charge in [-0.1, -0.05) is 42.5 Å². The van der Waals surface area contributed by atoms with Crippen molar-refractivity contribution >= 4 is 0 Å². The summed E-state index contributed by atoms with van der Waals surface area (Å²) in [6.45, 7) is 0.223. The van der Waals surface area contributed by atoms with Crippen molar-refractivity contribution < 1.29 is 19.7 Å². The molecule has 2 N–H and O–H groups in total. The van der Waals surface area contributed by atoms with Crippen LogP contribution in [0.3, 0.4) is 0 Å². The van der Waals surface area contributed by atoms with E-state index >= 15 is 0 Å². The lowest BCUT2D eigenvalue weighted by atomic mass is 10.1. The summed E-state index contributed by atoms with van der Waals surface area (Å²) in [6, 6.07) is 15.6. The molecule has 0 fully saturated rings. The van der Waals surface area contributed by atoms with Crippen molar-refractivity contribution in [1.82, 2.24) is 0 Å². The number of aliphatic hydroxyl groups is 2. The van der Waals surface area contributed by atoms with E-state index in [0.717, 1.165) is 11.1 Å². The highest BCUT2D eigenvalue weighted by Crippen LogP contribution is 2.32. The van der Waals surface area contributed by atoms with Crippen LogP contribution in [0.25, 0.3) is 0 Å². The Morgan fingerprint density at radius 3 is 2.50 bits per heavy atom. The predicted molar refractivity (Wildman–Crippen MR) is 85.2 cm³/mol. The predicted octanol–water partition coefficient (Wildman–Crippen LogP) is 2.56. The normalized spacial score (nSPS) is 12.0. The molecule has 0 bridgehead atoms. The van der Waals surface area contributed by atoms with Gasteiger partial charge in [0.25, 0.3) is 0 Å². The molecule has 0 aliphatic rings. The minimum absolute atomic E-state index is 0.232. The quantitative estimate of drug-likeness (QED) is 0.787. The first-order chi connectivity index (χ1) is 10.7. The third-order valence-electron chi connectivity index (χ3n) is 3.46. The topological polar surface area (TPSA) is 58.9 Å². The molecule has 2 aromatic rings. The van der Waals surface area contributed by atoms with Gasteiger partial charge in [0.2, 0.25) is 0 Å². The fourth-order valence-electron chi connectivity index (χ4n) is 2.23. The lowest BCUT2D eigenvalue weighted by molar-refractivity contribution is 0.0883. The highest BCUT2D eigenvalue weighted by Gasteiger charge is 2.12. The van der Waals surface area contributed by atoms with Crippen molar-refractivity contribution in [2.45, 2.75) is 25.6 Å². The smallest absolute Gasteiger partial charge is 0.164 e. The van der Waals surface area contributed by atoms with Crippen LogP contribution in [0.4, 0.5) is 0 Å². The molecule has 0 aromatic heterocycles. The van der Waals surface area contributed by atoms with Gasteiger partial charge in [-0.2, -0.15) is 0 Å². The average Bonchev–Trinajstić information content (AvgIpc) is 2.58. The third-order valence-corrected chi connectivity index (χ3v) is 3.46. The van der Waals surface area contributed by atoms with Crippen LogP contribution >= 0.6 is 0 Å². The van der Waals surface area contributed by atoms with Gasteiger partial charge in [-0.3, -0.25) is 0 Å². The molecule has 0 amide bonds. The Hall–Kier alpha value is -2.04. The molecule has 118 valence electrons. The highest BCUT2D eigenvalue weighted by molar-refractivity contribution is 5.46. The zero-order chi connectivity index (χ0) is 15.8. The second-order valence-corrected chi connectivity index (χ2v) is 5.10. The number of benzene rings is 2. The summed E-state index contributed by atoms with van der Waals surface area (Å²) in [4.78, 5) is 0. The number of aliphatic hydroxyl groups excluding tert-OH is 2. The first kappa shape index (κ1) is 16.3. The third kappa shape index (κ3) is 4.48. The van der Waals surface area contributed by atoms with Crippen molar-refractivity contribution in [1.29, 1.82) is 0 Å². The largest absolute Gasteiger partial charge is 0.493 e. The van der Waals surface area contributed by atoms with E-state index in [-0.39, 0.29) is 6.61 Å². The highest BCUT2D eigenvalue weighted by atomic mass is 16.5. The van der Waals surface area contributed by atoms with E-state index in [1.165, 1.54) is 0 Å². The lowest BCUT2D eigenvalue weighted by Gasteiger charge is -2.16. The number of para-hydroxylation sites is 1. The second kappa shape index (κ2) is 8.41. The van der Waals surface area contributed by atoms with Crippen LogP contribution in [-0.2, 0) is 13.0 Å². The maximum Gasteiger partial charge on any atom is 0.164 e. The molecular weight excluding hydrogens is 280 g/mol. The van der Waals surface area contributed by atoms with Gasteiger partial charge in [0.05, 0.1) is 19.8 Å². The van der Waals surface area contributed by atoms with E-state index in [2.05, 4.69) is 0 Å². The van der Waals surface area contributed by atoms with Gasteiger partial charge in [-0.15, -0.1) is 0 Å². The van der Waals surface area contributed by atoms with Crippen molar-refractivity contribution in [2.24, 2.45) is 0 Å². The van der Waals surface area contributed by atoms with Gasteiger partial charge in [-0.05, 0) is 30.0 Å². The molecule has 0 heterocycles. The van der Waals surface area contributed by atoms with Crippen LogP contribution in [0.5, 0.6) is 11.5 Å². The van der Waals surface area contributed by atoms with Gasteiger partial charge >= 0.3 is 0 Å². The lowest BCUT2D eigenvalue weighted by Crippen LogP contribution is -2.13. The number of methoxy groups -OCH3 is 1. The fraction of sp³-hybridized carbons (Fsp3) is 0.333. The van der Waals surface area contributed by atoms with E-state index < -0.39 is 6.10 Å². The monoisotopic (exact) mass is 302 g/mol. The molecule has 22 heavy (non-hydrogen) atoms. The first-order valence-electron chi connectivity index (χ1n) is 7.36. The second-order valence-electron chi connectivity index (χ2n) is 5.10. The molecule has 1 unspecified atom stereocenters. The maximum absolute atomic E-state index is 9.52. The summed E-state index contributed by atoms with van der Waals surface area (Å²) in [6.07, 6.45) is 0.377. The zero-order valence-corrected chi connectivity index (χ0v) is 12.7. The molecule has 2 aromatic carbocycles. The molecule has 0 saturated carbocycles. The van der Waals surface area contributed by atoms with Crippen molar-refractivity contribution in [3.05, 3.63) is 59.7 Å². The summed E-state index contributed by atoms with van der Waals surface area (Å²) >= 11 is 0. The molecule has 0 aliphatic heterocycles. The SMILES string of the molecule is COc1cccc(CCC(O)CO)c1OCc1ccccc1. The van der Waals surface area contributed by atoms with Gasteiger partial charge in [-0.25, -0.2) is 0 Å². The Bertz CT molecular complexity index is 569. The average molecular weight is 302 g/mol. The van der Waals surface area contributed by atoms with Crippen molar-refractivity contribution in [2.75, 3.05) is 13.7 Å². The molecule has 4 nitrogen and oxygen atoms in total. The van der Waals surface area contributed by atoms with Crippen LogP contribution in [0.15, 0.2) is 48.5 Å². The Kier molecular flexibility index (Phi) is 6.25. The summed E-state index contributed by atoms with van der Waals surface area (Å²) < 4.78 is 11.3. The van der Waals surface area contributed by atoms with E-state index in [4.69, 9.17) is 14.6 Å². The minimum atomic E-state index is -0.715. The summed E-state index contributed by atoms with van der Waals surface area (Å²) in [5, 5.41) is 18.5. The molecule has 0 saturated heterocycles. The van der Waals surface area contributed by atoms with Crippen LogP contribution in [-0.4, -0.2) is 30.0 Å². The van der Waals surface area contributed by atoms with Gasteiger partial charge in [0.15, 0.2) is 11.5 Å². The number of rotatable bonds is 8. The van der Waals surface area contributed by atoms with Crippen molar-refractivity contribution in [3.63, 3.8) is 0 Å². The molecule has 2 rings (SSSR count). The van der Waals surface area contributed by atoms with Crippen molar-refractivity contribution in [3.8, 4) is 11.5 Å². The minimum Gasteiger partial charge on any atom is -0.493 e. The molecule has 0 aliphatic carbocycles. The van der Waals surface area contributed by atoms with Crippen LogP contribution in [0.2, 0.25) is 0 Å². The van der Waals surface area contributed by atoms with E-state index in [1.807, 2.05) is 48.5 Å². The molecular formula is C18H22O4. The molecule has 1 atom stereocenters. The summed E-state index contributed by atoms with van der Waals surface area (Å²) in [5.41, 5.74) is 2.04. The fourth-order valence-corrected chi connectivity index (χ4v) is 2.23. The number of hydrogen-bond donors (Lipinski definition) is 2.